The van der Waals surface area contributed by atoms with Crippen LogP contribution in [0.1, 0.15) is 5.56 Å². The summed E-state index contributed by atoms with van der Waals surface area (Å²) >= 11 is 4.85. The summed E-state index contributed by atoms with van der Waals surface area (Å²) in [5.74, 6) is -0.299. The van der Waals surface area contributed by atoms with Crippen molar-refractivity contribution in [3.63, 3.8) is 0 Å². The van der Waals surface area contributed by atoms with Crippen molar-refractivity contribution < 1.29 is 9.90 Å². The molecule has 0 saturated heterocycles. The van der Waals surface area contributed by atoms with Crippen molar-refractivity contribution in [1.82, 2.24) is 20.2 Å². The molecule has 0 aliphatic carbocycles. The first kappa shape index (κ1) is 13.0. The van der Waals surface area contributed by atoms with E-state index in [4.69, 9.17) is 5.11 Å². The van der Waals surface area contributed by atoms with Crippen molar-refractivity contribution in [1.29, 1.82) is 0 Å². The lowest BCUT2D eigenvalue weighted by molar-refractivity contribution is -0.138. The number of carbonyl (C=O) groups is 1. The standard InChI is InChI=1S/C10H9BrN4O2S/c11-8-4-2-1-3-7(8)6-18-10-12-13-14-15(10)5-9(16)17/h1-4H,5-6H2,(H,16,17). The number of aliphatic carboxylic acids is 1. The van der Waals surface area contributed by atoms with E-state index in [0.717, 1.165) is 10.0 Å². The molecule has 0 unspecified atom stereocenters. The van der Waals surface area contributed by atoms with Gasteiger partial charge in [-0.25, -0.2) is 4.68 Å². The largest absolute Gasteiger partial charge is 0.480 e. The van der Waals surface area contributed by atoms with Crippen molar-refractivity contribution in [3.8, 4) is 0 Å². The number of aromatic nitrogens is 4. The fourth-order valence-electron chi connectivity index (χ4n) is 1.28. The Morgan fingerprint density at radius 1 is 1.44 bits per heavy atom. The Balaban J connectivity index is 2.05. The molecule has 0 aliphatic heterocycles. The zero-order valence-electron chi connectivity index (χ0n) is 9.15. The molecular weight excluding hydrogens is 320 g/mol. The molecule has 0 atom stereocenters. The number of nitrogens with zero attached hydrogens (tertiary/aromatic N) is 4. The smallest absolute Gasteiger partial charge is 0.325 e. The predicted octanol–water partition coefficient (Wildman–Crippen LogP) is 1.81. The Morgan fingerprint density at radius 3 is 2.94 bits per heavy atom. The molecule has 6 nitrogen and oxygen atoms in total. The number of carboxylic acids is 1. The highest BCUT2D eigenvalue weighted by molar-refractivity contribution is 9.10. The van der Waals surface area contributed by atoms with E-state index in [1.54, 1.807) is 0 Å². The highest BCUT2D eigenvalue weighted by Gasteiger charge is 2.10. The van der Waals surface area contributed by atoms with Gasteiger partial charge in [0.05, 0.1) is 0 Å². The Labute approximate surface area is 116 Å². The summed E-state index contributed by atoms with van der Waals surface area (Å²) in [6, 6.07) is 7.83. The van der Waals surface area contributed by atoms with Gasteiger partial charge in [0.15, 0.2) is 0 Å². The minimum absolute atomic E-state index is 0.231. The third kappa shape index (κ3) is 3.30. The Morgan fingerprint density at radius 2 is 2.22 bits per heavy atom. The van der Waals surface area contributed by atoms with Crippen molar-refractivity contribution in [2.75, 3.05) is 0 Å². The van der Waals surface area contributed by atoms with E-state index in [2.05, 4.69) is 31.5 Å². The van der Waals surface area contributed by atoms with Crippen molar-refractivity contribution in [3.05, 3.63) is 34.3 Å². The van der Waals surface area contributed by atoms with Gasteiger partial charge in [0.1, 0.15) is 6.54 Å². The molecule has 8 heteroatoms. The second kappa shape index (κ2) is 5.96. The fraction of sp³-hybridized carbons (Fsp3) is 0.200. The van der Waals surface area contributed by atoms with Crippen LogP contribution in [0.3, 0.4) is 0 Å². The zero-order valence-corrected chi connectivity index (χ0v) is 11.6. The van der Waals surface area contributed by atoms with Crippen LogP contribution in [0.15, 0.2) is 33.9 Å². The minimum atomic E-state index is -0.968. The topological polar surface area (TPSA) is 80.9 Å². The highest BCUT2D eigenvalue weighted by Crippen LogP contribution is 2.24. The maximum absolute atomic E-state index is 10.6. The number of rotatable bonds is 5. The van der Waals surface area contributed by atoms with E-state index >= 15 is 0 Å². The van der Waals surface area contributed by atoms with Crippen LogP contribution in [0.2, 0.25) is 0 Å². The summed E-state index contributed by atoms with van der Waals surface area (Å²) in [6.45, 7) is -0.231. The molecule has 0 bridgehead atoms. The number of carboxylic acid groups (broad SMARTS) is 1. The normalized spacial score (nSPS) is 10.5. The lowest BCUT2D eigenvalue weighted by Crippen LogP contribution is -2.11. The van der Waals surface area contributed by atoms with Gasteiger partial charge in [-0.3, -0.25) is 4.79 Å². The molecule has 0 spiro atoms. The maximum atomic E-state index is 10.6. The summed E-state index contributed by atoms with van der Waals surface area (Å²) in [5.41, 5.74) is 1.10. The van der Waals surface area contributed by atoms with Crippen LogP contribution in [0, 0.1) is 0 Å². The first-order valence-corrected chi connectivity index (χ1v) is 6.79. The Hall–Kier alpha value is -1.41. The fourth-order valence-corrected chi connectivity index (χ4v) is 2.78. The quantitative estimate of drug-likeness (QED) is 0.843. The number of hydrogen-bond acceptors (Lipinski definition) is 5. The van der Waals surface area contributed by atoms with Crippen LogP contribution >= 0.6 is 27.7 Å². The SMILES string of the molecule is O=C(O)Cn1nnnc1SCc1ccccc1Br. The van der Waals surface area contributed by atoms with Gasteiger partial charge in [0.2, 0.25) is 5.16 Å². The zero-order chi connectivity index (χ0) is 13.0. The Bertz CT molecular complexity index is 560. The van der Waals surface area contributed by atoms with E-state index in [-0.39, 0.29) is 6.54 Å². The van der Waals surface area contributed by atoms with E-state index < -0.39 is 5.97 Å². The lowest BCUT2D eigenvalue weighted by Gasteiger charge is -2.03. The van der Waals surface area contributed by atoms with Crippen LogP contribution in [-0.4, -0.2) is 31.3 Å². The van der Waals surface area contributed by atoms with E-state index in [1.807, 2.05) is 24.3 Å². The van der Waals surface area contributed by atoms with Gasteiger partial charge < -0.3 is 5.11 Å². The monoisotopic (exact) mass is 328 g/mol. The molecule has 1 aromatic carbocycles. The third-order valence-electron chi connectivity index (χ3n) is 2.10. The lowest BCUT2D eigenvalue weighted by atomic mass is 10.2. The number of halogens is 1. The molecule has 94 valence electrons. The minimum Gasteiger partial charge on any atom is -0.480 e. The van der Waals surface area contributed by atoms with Gasteiger partial charge in [-0.15, -0.1) is 5.10 Å². The summed E-state index contributed by atoms with van der Waals surface area (Å²) < 4.78 is 2.28. The van der Waals surface area contributed by atoms with E-state index in [1.165, 1.54) is 16.4 Å². The van der Waals surface area contributed by atoms with Crippen LogP contribution < -0.4 is 0 Å². The first-order valence-electron chi connectivity index (χ1n) is 5.01. The van der Waals surface area contributed by atoms with Crippen molar-refractivity contribution in [2.24, 2.45) is 0 Å². The van der Waals surface area contributed by atoms with Crippen LogP contribution in [0.25, 0.3) is 0 Å². The van der Waals surface area contributed by atoms with Gasteiger partial charge in [0, 0.05) is 10.2 Å². The van der Waals surface area contributed by atoms with Crippen LogP contribution in [-0.2, 0) is 17.1 Å². The summed E-state index contributed by atoms with van der Waals surface area (Å²) in [6.07, 6.45) is 0. The third-order valence-corrected chi connectivity index (χ3v) is 3.88. The molecule has 0 radical (unpaired) electrons. The van der Waals surface area contributed by atoms with Crippen LogP contribution in [0.4, 0.5) is 0 Å². The maximum Gasteiger partial charge on any atom is 0.325 e. The van der Waals surface area contributed by atoms with Gasteiger partial charge in [-0.1, -0.05) is 45.9 Å². The van der Waals surface area contributed by atoms with E-state index in [0.29, 0.717) is 10.9 Å². The van der Waals surface area contributed by atoms with Crippen molar-refractivity contribution >= 4 is 33.7 Å². The molecule has 1 N–H and O–H groups in total. The second-order valence-electron chi connectivity index (χ2n) is 3.39. The molecule has 1 heterocycles. The number of benzene rings is 1. The molecular formula is C10H9BrN4O2S. The Kier molecular flexibility index (Phi) is 4.32. The van der Waals surface area contributed by atoms with Crippen molar-refractivity contribution in [2.45, 2.75) is 17.5 Å². The van der Waals surface area contributed by atoms with Gasteiger partial charge >= 0.3 is 5.97 Å². The summed E-state index contributed by atoms with van der Waals surface area (Å²) in [7, 11) is 0. The number of hydrogen-bond donors (Lipinski definition) is 1. The summed E-state index contributed by atoms with van der Waals surface area (Å²) in [5, 5.41) is 20.1. The molecule has 0 amide bonds. The number of tetrazole rings is 1. The highest BCUT2D eigenvalue weighted by atomic mass is 79.9. The molecule has 2 aromatic rings. The van der Waals surface area contributed by atoms with Crippen LogP contribution in [0.5, 0.6) is 0 Å². The average molecular weight is 329 g/mol. The molecule has 0 fully saturated rings. The average Bonchev–Trinajstić information content (AvgIpc) is 2.75. The van der Waals surface area contributed by atoms with Gasteiger partial charge in [-0.2, -0.15) is 0 Å². The predicted molar refractivity (Wildman–Crippen MR) is 69.2 cm³/mol. The summed E-state index contributed by atoms with van der Waals surface area (Å²) in [4.78, 5) is 10.6. The van der Waals surface area contributed by atoms with Gasteiger partial charge in [-0.05, 0) is 22.1 Å². The number of thioether (sulfide) groups is 1. The molecule has 18 heavy (non-hydrogen) atoms. The molecule has 0 aliphatic rings. The second-order valence-corrected chi connectivity index (χ2v) is 5.19. The molecule has 2 rings (SSSR count). The molecule has 1 aromatic heterocycles. The molecule has 0 saturated carbocycles. The van der Waals surface area contributed by atoms with E-state index in [9.17, 15) is 4.79 Å². The first-order chi connectivity index (χ1) is 8.66. The van der Waals surface area contributed by atoms with Gasteiger partial charge in [0.25, 0.3) is 0 Å².